The monoisotopic (exact) mass is 422 g/mol. The second-order valence-electron chi connectivity index (χ2n) is 6.83. The van der Waals surface area contributed by atoms with Gasteiger partial charge >= 0.3 is 0 Å². The van der Waals surface area contributed by atoms with Crippen molar-refractivity contribution in [1.29, 1.82) is 0 Å². The topological polar surface area (TPSA) is 51.2 Å². The second-order valence-corrected chi connectivity index (χ2v) is 8.27. The van der Waals surface area contributed by atoms with Gasteiger partial charge in [0.2, 0.25) is 0 Å². The molecule has 0 unspecified atom stereocenters. The molecular formula is C23H19ClN2O2S. The molecule has 0 atom stereocenters. The summed E-state index contributed by atoms with van der Waals surface area (Å²) in [5, 5.41) is 4.34. The summed E-state index contributed by atoms with van der Waals surface area (Å²) >= 11 is 7.99. The number of carbonyl (C=O) groups is 1. The Morgan fingerprint density at radius 1 is 1.07 bits per heavy atom. The summed E-state index contributed by atoms with van der Waals surface area (Å²) < 4.78 is 6.76. The van der Waals surface area contributed by atoms with Crippen molar-refractivity contribution in [3.05, 3.63) is 77.3 Å². The fraction of sp³-hybridized carbons (Fsp3) is 0.130. The van der Waals surface area contributed by atoms with Gasteiger partial charge in [-0.15, -0.1) is 11.3 Å². The molecule has 1 N–H and O–H groups in total. The number of hydrogen-bond donors (Lipinski definition) is 1. The lowest BCUT2D eigenvalue weighted by Gasteiger charge is -2.11. The van der Waals surface area contributed by atoms with E-state index in [1.165, 1.54) is 0 Å². The first-order valence-electron chi connectivity index (χ1n) is 9.23. The molecule has 29 heavy (non-hydrogen) atoms. The Bertz CT molecular complexity index is 1150. The third-order valence-electron chi connectivity index (χ3n) is 4.22. The van der Waals surface area contributed by atoms with Gasteiger partial charge in [-0.1, -0.05) is 29.8 Å². The minimum atomic E-state index is -0.211. The molecule has 4 nitrogen and oxygen atoms in total. The zero-order valence-corrected chi connectivity index (χ0v) is 17.6. The van der Waals surface area contributed by atoms with E-state index in [9.17, 15) is 4.79 Å². The highest BCUT2D eigenvalue weighted by Crippen LogP contribution is 2.36. The molecule has 0 saturated heterocycles. The minimum Gasteiger partial charge on any atom is -0.491 e. The molecule has 1 amide bonds. The Kier molecular flexibility index (Phi) is 5.51. The third kappa shape index (κ3) is 4.42. The van der Waals surface area contributed by atoms with Crippen LogP contribution in [0.5, 0.6) is 5.75 Å². The summed E-state index contributed by atoms with van der Waals surface area (Å²) in [4.78, 5) is 17.4. The fourth-order valence-electron chi connectivity index (χ4n) is 2.94. The number of halogens is 1. The van der Waals surface area contributed by atoms with Gasteiger partial charge in [-0.05, 0) is 62.4 Å². The van der Waals surface area contributed by atoms with Crippen LogP contribution in [-0.4, -0.2) is 17.0 Å². The molecule has 0 radical (unpaired) electrons. The van der Waals surface area contributed by atoms with E-state index in [1.54, 1.807) is 41.7 Å². The molecule has 0 saturated carbocycles. The van der Waals surface area contributed by atoms with Crippen LogP contribution in [0.25, 0.3) is 20.8 Å². The van der Waals surface area contributed by atoms with Gasteiger partial charge in [0.05, 0.1) is 21.3 Å². The first-order chi connectivity index (χ1) is 14.0. The maximum Gasteiger partial charge on any atom is 0.255 e. The zero-order valence-electron chi connectivity index (χ0n) is 16.0. The first kappa shape index (κ1) is 19.4. The summed E-state index contributed by atoms with van der Waals surface area (Å²) in [7, 11) is 0. The molecule has 0 fully saturated rings. The number of para-hydroxylation sites is 1. The summed E-state index contributed by atoms with van der Waals surface area (Å²) in [6.07, 6.45) is 0.0425. The number of hydrogen-bond acceptors (Lipinski definition) is 4. The number of ether oxygens (including phenoxy) is 1. The summed E-state index contributed by atoms with van der Waals surface area (Å²) in [6, 6.07) is 20.5. The number of benzene rings is 3. The quantitative estimate of drug-likeness (QED) is 0.391. The average Bonchev–Trinajstić information content (AvgIpc) is 3.13. The smallest absolute Gasteiger partial charge is 0.255 e. The van der Waals surface area contributed by atoms with Gasteiger partial charge in [-0.3, -0.25) is 4.79 Å². The normalized spacial score (nSPS) is 11.0. The largest absolute Gasteiger partial charge is 0.491 e. The van der Waals surface area contributed by atoms with Crippen molar-refractivity contribution in [3.8, 4) is 16.3 Å². The van der Waals surface area contributed by atoms with E-state index in [0.29, 0.717) is 22.0 Å². The van der Waals surface area contributed by atoms with Crippen LogP contribution in [0.3, 0.4) is 0 Å². The van der Waals surface area contributed by atoms with Crippen LogP contribution >= 0.6 is 22.9 Å². The molecule has 146 valence electrons. The van der Waals surface area contributed by atoms with Crippen LogP contribution in [0.1, 0.15) is 24.2 Å². The molecule has 0 aliphatic carbocycles. The number of rotatable bonds is 5. The Hall–Kier alpha value is -2.89. The van der Waals surface area contributed by atoms with Crippen LogP contribution in [-0.2, 0) is 0 Å². The molecule has 0 bridgehead atoms. The number of thiazole rings is 1. The molecule has 4 rings (SSSR count). The molecule has 1 aromatic heterocycles. The molecular weight excluding hydrogens is 404 g/mol. The zero-order chi connectivity index (χ0) is 20.4. The van der Waals surface area contributed by atoms with Gasteiger partial charge in [0.25, 0.3) is 5.91 Å². The molecule has 0 aliphatic heterocycles. The van der Waals surface area contributed by atoms with Crippen molar-refractivity contribution in [1.82, 2.24) is 4.98 Å². The van der Waals surface area contributed by atoms with Crippen molar-refractivity contribution in [2.75, 3.05) is 5.32 Å². The lowest BCUT2D eigenvalue weighted by atomic mass is 10.1. The number of carbonyl (C=O) groups excluding carboxylic acids is 1. The highest BCUT2D eigenvalue weighted by Gasteiger charge is 2.13. The van der Waals surface area contributed by atoms with E-state index < -0.39 is 0 Å². The summed E-state index contributed by atoms with van der Waals surface area (Å²) in [5.74, 6) is 0.454. The predicted octanol–water partition coefficient (Wildman–Crippen LogP) is 6.66. The van der Waals surface area contributed by atoms with Gasteiger partial charge in [0.15, 0.2) is 0 Å². The minimum absolute atomic E-state index is 0.0425. The first-order valence-corrected chi connectivity index (χ1v) is 10.4. The van der Waals surface area contributed by atoms with Crippen LogP contribution in [0.4, 0.5) is 5.69 Å². The number of aromatic nitrogens is 1. The highest BCUT2D eigenvalue weighted by molar-refractivity contribution is 7.21. The van der Waals surface area contributed by atoms with Crippen LogP contribution < -0.4 is 10.1 Å². The van der Waals surface area contributed by atoms with Crippen LogP contribution in [0.15, 0.2) is 66.7 Å². The van der Waals surface area contributed by atoms with E-state index >= 15 is 0 Å². The number of nitrogens with zero attached hydrogens (tertiary/aromatic N) is 1. The average molecular weight is 423 g/mol. The van der Waals surface area contributed by atoms with E-state index in [0.717, 1.165) is 20.8 Å². The summed E-state index contributed by atoms with van der Waals surface area (Å²) in [6.45, 7) is 3.90. The predicted molar refractivity (Wildman–Crippen MR) is 120 cm³/mol. The maximum atomic E-state index is 12.7. The molecule has 4 aromatic rings. The standard InChI is InChI=1S/C23H19ClN2O2S/c1-14(2)28-17-7-5-6-15(12-17)22(27)25-16-10-11-19(24)18(13-16)23-26-20-8-3-4-9-21(20)29-23/h3-14H,1-2H3,(H,25,27). The number of amides is 1. The van der Waals surface area contributed by atoms with Crippen molar-refractivity contribution >= 4 is 44.7 Å². The van der Waals surface area contributed by atoms with E-state index in [-0.39, 0.29) is 12.0 Å². The van der Waals surface area contributed by atoms with Gasteiger partial charge in [-0.2, -0.15) is 0 Å². The number of nitrogens with one attached hydrogen (secondary N) is 1. The van der Waals surface area contributed by atoms with Crippen molar-refractivity contribution < 1.29 is 9.53 Å². The molecule has 0 spiro atoms. The maximum absolute atomic E-state index is 12.7. The SMILES string of the molecule is CC(C)Oc1cccc(C(=O)Nc2ccc(Cl)c(-c3nc4ccccc4s3)c2)c1. The molecule has 1 heterocycles. The van der Waals surface area contributed by atoms with Crippen LogP contribution in [0.2, 0.25) is 5.02 Å². The summed E-state index contributed by atoms with van der Waals surface area (Å²) in [5.41, 5.74) is 2.91. The number of anilines is 1. The van der Waals surface area contributed by atoms with Gasteiger partial charge < -0.3 is 10.1 Å². The van der Waals surface area contributed by atoms with E-state index in [1.807, 2.05) is 50.2 Å². The lowest BCUT2D eigenvalue weighted by molar-refractivity contribution is 0.102. The van der Waals surface area contributed by atoms with Crippen molar-refractivity contribution in [2.24, 2.45) is 0 Å². The van der Waals surface area contributed by atoms with E-state index in [2.05, 4.69) is 10.3 Å². The van der Waals surface area contributed by atoms with Crippen LogP contribution in [0, 0.1) is 0 Å². The highest BCUT2D eigenvalue weighted by atomic mass is 35.5. The van der Waals surface area contributed by atoms with Gasteiger partial charge in [0.1, 0.15) is 10.8 Å². The fourth-order valence-corrected chi connectivity index (χ4v) is 4.20. The number of fused-ring (bicyclic) bond motifs is 1. The second kappa shape index (κ2) is 8.23. The van der Waals surface area contributed by atoms with Crippen molar-refractivity contribution in [3.63, 3.8) is 0 Å². The Labute approximate surface area is 178 Å². The molecule has 6 heteroatoms. The Morgan fingerprint density at radius 3 is 2.69 bits per heavy atom. The third-order valence-corrected chi connectivity index (χ3v) is 5.62. The molecule has 0 aliphatic rings. The lowest BCUT2D eigenvalue weighted by Crippen LogP contribution is -2.12. The van der Waals surface area contributed by atoms with Gasteiger partial charge in [-0.25, -0.2) is 4.98 Å². The Balaban J connectivity index is 1.60. The van der Waals surface area contributed by atoms with Gasteiger partial charge in [0, 0.05) is 16.8 Å². The van der Waals surface area contributed by atoms with Crippen molar-refractivity contribution in [2.45, 2.75) is 20.0 Å². The molecule has 3 aromatic carbocycles. The Morgan fingerprint density at radius 2 is 1.90 bits per heavy atom. The van der Waals surface area contributed by atoms with E-state index in [4.69, 9.17) is 16.3 Å².